The molecule has 2 heterocycles. The van der Waals surface area contributed by atoms with Gasteiger partial charge in [-0.2, -0.15) is 5.10 Å². The zero-order valence-electron chi connectivity index (χ0n) is 19.5. The van der Waals surface area contributed by atoms with Gasteiger partial charge >= 0.3 is 0 Å². The average Bonchev–Trinajstić information content (AvgIpc) is 3.27. The minimum Gasteiger partial charge on any atom is -0.354 e. The van der Waals surface area contributed by atoms with E-state index in [4.69, 9.17) is 0 Å². The van der Waals surface area contributed by atoms with Gasteiger partial charge in [0.15, 0.2) is 5.96 Å². The molecule has 1 aliphatic heterocycles. The standard InChI is InChI=1S/C26H34N6.HI/c1-21-15-25(13-14-31(21)18-22-9-5-3-6-10-22)30-26(27-2)28-16-24-17-29-32(20-24)19-23-11-7-4-8-12-23;/h3-12,17,20-21,25H,13-16,18-19H2,1-2H3,(H2,27,28,30);1H. The monoisotopic (exact) mass is 558 g/mol. The van der Waals surface area contributed by atoms with E-state index in [1.54, 1.807) is 0 Å². The number of rotatable bonds is 7. The molecule has 176 valence electrons. The van der Waals surface area contributed by atoms with Crippen molar-refractivity contribution in [3.05, 3.63) is 89.7 Å². The maximum absolute atomic E-state index is 4.49. The molecule has 1 aromatic heterocycles. The highest BCUT2D eigenvalue weighted by Crippen LogP contribution is 2.20. The number of hydrogen-bond donors (Lipinski definition) is 2. The summed E-state index contributed by atoms with van der Waals surface area (Å²) in [5.74, 6) is 0.856. The van der Waals surface area contributed by atoms with E-state index < -0.39 is 0 Å². The highest BCUT2D eigenvalue weighted by atomic mass is 127. The number of aromatic nitrogens is 2. The van der Waals surface area contributed by atoms with Crippen molar-refractivity contribution >= 4 is 29.9 Å². The Kier molecular flexibility index (Phi) is 9.75. The number of halogens is 1. The molecule has 0 bridgehead atoms. The Morgan fingerprint density at radius 2 is 1.67 bits per heavy atom. The largest absolute Gasteiger partial charge is 0.354 e. The van der Waals surface area contributed by atoms with Crippen LogP contribution in [0.5, 0.6) is 0 Å². The van der Waals surface area contributed by atoms with Gasteiger partial charge in [-0.15, -0.1) is 24.0 Å². The van der Waals surface area contributed by atoms with Gasteiger partial charge in [0.1, 0.15) is 0 Å². The summed E-state index contributed by atoms with van der Waals surface area (Å²) in [5.41, 5.74) is 3.78. The molecule has 7 heteroatoms. The molecule has 2 N–H and O–H groups in total. The molecule has 0 saturated carbocycles. The summed E-state index contributed by atoms with van der Waals surface area (Å²) in [6.45, 7) is 5.93. The molecule has 33 heavy (non-hydrogen) atoms. The lowest BCUT2D eigenvalue weighted by Gasteiger charge is -2.38. The van der Waals surface area contributed by atoms with Gasteiger partial charge < -0.3 is 10.6 Å². The van der Waals surface area contributed by atoms with E-state index in [0.29, 0.717) is 18.6 Å². The van der Waals surface area contributed by atoms with E-state index >= 15 is 0 Å². The van der Waals surface area contributed by atoms with Crippen LogP contribution in [0.15, 0.2) is 78.0 Å². The van der Waals surface area contributed by atoms with E-state index in [9.17, 15) is 0 Å². The summed E-state index contributed by atoms with van der Waals surface area (Å²) in [6, 6.07) is 22.1. The Morgan fingerprint density at radius 1 is 1.00 bits per heavy atom. The van der Waals surface area contributed by atoms with Crippen molar-refractivity contribution in [3.8, 4) is 0 Å². The van der Waals surface area contributed by atoms with Crippen LogP contribution in [-0.2, 0) is 19.6 Å². The van der Waals surface area contributed by atoms with Gasteiger partial charge in [0.05, 0.1) is 12.7 Å². The number of nitrogens with one attached hydrogen (secondary N) is 2. The SMILES string of the molecule is CN=C(NCc1cnn(Cc2ccccc2)c1)NC1CCN(Cc2ccccc2)C(C)C1.I. The summed E-state index contributed by atoms with van der Waals surface area (Å²) in [4.78, 5) is 7.01. The maximum Gasteiger partial charge on any atom is 0.191 e. The topological polar surface area (TPSA) is 57.5 Å². The minimum absolute atomic E-state index is 0. The van der Waals surface area contributed by atoms with Crippen LogP contribution in [0.3, 0.4) is 0 Å². The van der Waals surface area contributed by atoms with Crippen molar-refractivity contribution in [1.82, 2.24) is 25.3 Å². The van der Waals surface area contributed by atoms with Crippen molar-refractivity contribution in [2.45, 2.75) is 51.5 Å². The number of benzene rings is 2. The van der Waals surface area contributed by atoms with Gasteiger partial charge in [0, 0.05) is 50.5 Å². The van der Waals surface area contributed by atoms with E-state index in [1.165, 1.54) is 11.1 Å². The van der Waals surface area contributed by atoms with Crippen LogP contribution in [0.4, 0.5) is 0 Å². The second-order valence-corrected chi connectivity index (χ2v) is 8.63. The average molecular weight is 559 g/mol. The summed E-state index contributed by atoms with van der Waals surface area (Å²) >= 11 is 0. The Hall–Kier alpha value is -2.39. The predicted molar refractivity (Wildman–Crippen MR) is 146 cm³/mol. The second-order valence-electron chi connectivity index (χ2n) is 8.63. The first kappa shape index (κ1) is 25.2. The van der Waals surface area contributed by atoms with Crippen LogP contribution in [-0.4, -0.2) is 46.3 Å². The van der Waals surface area contributed by atoms with Crippen molar-refractivity contribution in [2.75, 3.05) is 13.6 Å². The molecule has 2 atom stereocenters. The Balaban J connectivity index is 0.00000306. The zero-order chi connectivity index (χ0) is 22.2. The quantitative estimate of drug-likeness (QED) is 0.259. The smallest absolute Gasteiger partial charge is 0.191 e. The molecule has 3 aromatic rings. The molecule has 0 spiro atoms. The van der Waals surface area contributed by atoms with Crippen LogP contribution < -0.4 is 10.6 Å². The van der Waals surface area contributed by atoms with Gasteiger partial charge in [-0.05, 0) is 30.9 Å². The second kappa shape index (κ2) is 12.7. The lowest BCUT2D eigenvalue weighted by atomic mass is 9.97. The molecular weight excluding hydrogens is 523 g/mol. The van der Waals surface area contributed by atoms with Crippen molar-refractivity contribution in [2.24, 2.45) is 4.99 Å². The van der Waals surface area contributed by atoms with E-state index in [-0.39, 0.29) is 24.0 Å². The normalized spacial score (nSPS) is 19.0. The third-order valence-electron chi connectivity index (χ3n) is 6.14. The molecule has 2 aromatic carbocycles. The first-order valence-electron chi connectivity index (χ1n) is 11.5. The van der Waals surface area contributed by atoms with Crippen molar-refractivity contribution in [1.29, 1.82) is 0 Å². The van der Waals surface area contributed by atoms with Gasteiger partial charge in [0.2, 0.25) is 0 Å². The summed E-state index contributed by atoms with van der Waals surface area (Å²) in [6.07, 6.45) is 6.25. The van der Waals surface area contributed by atoms with Gasteiger partial charge in [0.25, 0.3) is 0 Å². The Morgan fingerprint density at radius 3 is 2.30 bits per heavy atom. The molecule has 2 unspecified atom stereocenters. The first-order valence-corrected chi connectivity index (χ1v) is 11.5. The van der Waals surface area contributed by atoms with E-state index in [1.807, 2.05) is 24.0 Å². The molecule has 4 rings (SSSR count). The third-order valence-corrected chi connectivity index (χ3v) is 6.14. The third kappa shape index (κ3) is 7.57. The lowest BCUT2D eigenvalue weighted by Crippen LogP contribution is -2.51. The molecule has 1 fully saturated rings. The Bertz CT molecular complexity index is 988. The fourth-order valence-corrected chi connectivity index (χ4v) is 4.33. The van der Waals surface area contributed by atoms with Crippen LogP contribution in [0.1, 0.15) is 36.5 Å². The van der Waals surface area contributed by atoms with Crippen LogP contribution in [0.25, 0.3) is 0 Å². The molecule has 0 amide bonds. The van der Waals surface area contributed by atoms with Crippen LogP contribution >= 0.6 is 24.0 Å². The fourth-order valence-electron chi connectivity index (χ4n) is 4.33. The lowest BCUT2D eigenvalue weighted by molar-refractivity contribution is 0.134. The van der Waals surface area contributed by atoms with Crippen LogP contribution in [0, 0.1) is 0 Å². The predicted octanol–water partition coefficient (Wildman–Crippen LogP) is 4.27. The molecule has 0 aliphatic carbocycles. The van der Waals surface area contributed by atoms with Crippen molar-refractivity contribution in [3.63, 3.8) is 0 Å². The number of likely N-dealkylation sites (tertiary alicyclic amines) is 1. The molecular formula is C26H35IN6. The minimum atomic E-state index is 0. The first-order chi connectivity index (χ1) is 15.7. The molecule has 1 aliphatic rings. The van der Waals surface area contributed by atoms with Gasteiger partial charge in [-0.25, -0.2) is 0 Å². The van der Waals surface area contributed by atoms with E-state index in [2.05, 4.69) is 93.3 Å². The summed E-state index contributed by atoms with van der Waals surface area (Å²) in [7, 11) is 1.84. The van der Waals surface area contributed by atoms with Crippen LogP contribution in [0.2, 0.25) is 0 Å². The van der Waals surface area contributed by atoms with E-state index in [0.717, 1.165) is 44.0 Å². The number of nitrogens with zero attached hydrogens (tertiary/aromatic N) is 4. The summed E-state index contributed by atoms with van der Waals surface area (Å²) in [5, 5.41) is 11.6. The zero-order valence-corrected chi connectivity index (χ0v) is 21.9. The molecule has 1 saturated heterocycles. The molecule has 0 radical (unpaired) electrons. The number of piperidine rings is 1. The highest BCUT2D eigenvalue weighted by molar-refractivity contribution is 14.0. The van der Waals surface area contributed by atoms with Crippen molar-refractivity contribution < 1.29 is 0 Å². The fraction of sp³-hybridized carbons (Fsp3) is 0.385. The molecule has 6 nitrogen and oxygen atoms in total. The van der Waals surface area contributed by atoms with Gasteiger partial charge in [-0.3, -0.25) is 14.6 Å². The Labute approximate surface area is 214 Å². The number of aliphatic imine (C=N–C) groups is 1. The van der Waals surface area contributed by atoms with Gasteiger partial charge in [-0.1, -0.05) is 60.7 Å². The number of hydrogen-bond acceptors (Lipinski definition) is 3. The maximum atomic E-state index is 4.49. The summed E-state index contributed by atoms with van der Waals surface area (Å²) < 4.78 is 1.98. The highest BCUT2D eigenvalue weighted by Gasteiger charge is 2.25. The number of guanidine groups is 1.